The molecule has 0 unspecified atom stereocenters. The molecule has 0 spiro atoms. The highest BCUT2D eigenvalue weighted by Crippen LogP contribution is 2.30. The quantitative estimate of drug-likeness (QED) is 0.752. The van der Waals surface area contributed by atoms with Crippen molar-refractivity contribution in [1.29, 1.82) is 0 Å². The molecule has 2 aromatic rings. The number of nitrogens with one attached hydrogen (secondary N) is 2. The van der Waals surface area contributed by atoms with Gasteiger partial charge in [0.2, 0.25) is 10.0 Å². The van der Waals surface area contributed by atoms with Crippen LogP contribution in [0.1, 0.15) is 0 Å². The van der Waals surface area contributed by atoms with Crippen molar-refractivity contribution in [3.8, 4) is 11.5 Å². The Balaban J connectivity index is 2.31. The van der Waals surface area contributed by atoms with Gasteiger partial charge in [0.25, 0.3) is 10.0 Å². The molecule has 0 aliphatic heterocycles. The molecule has 0 atom stereocenters. The Bertz CT molecular complexity index is 971. The van der Waals surface area contributed by atoms with Crippen LogP contribution in [0, 0.1) is 0 Å². The van der Waals surface area contributed by atoms with Gasteiger partial charge in [-0.1, -0.05) is 6.07 Å². The van der Waals surface area contributed by atoms with Crippen molar-refractivity contribution in [3.63, 3.8) is 0 Å². The van der Waals surface area contributed by atoms with Crippen molar-refractivity contribution in [2.75, 3.05) is 29.9 Å². The Labute approximate surface area is 146 Å². The smallest absolute Gasteiger partial charge is 0.262 e. The Morgan fingerprint density at radius 3 is 1.96 bits per heavy atom. The number of rotatable bonds is 7. The molecular formula is C15H18N2O6S2. The SMILES string of the molecule is COc1ccc(S(=O)(=O)Nc2cccc(NS(C)(=O)=O)c2)cc1OC. The zero-order chi connectivity index (χ0) is 18.7. The number of benzene rings is 2. The predicted molar refractivity (Wildman–Crippen MR) is 95.3 cm³/mol. The van der Waals surface area contributed by atoms with Crippen LogP contribution in [0.15, 0.2) is 47.4 Å². The number of anilines is 2. The van der Waals surface area contributed by atoms with Crippen LogP contribution in [0.3, 0.4) is 0 Å². The Kier molecular flexibility index (Phi) is 5.43. The van der Waals surface area contributed by atoms with E-state index in [4.69, 9.17) is 9.47 Å². The van der Waals surface area contributed by atoms with Crippen molar-refractivity contribution in [2.24, 2.45) is 0 Å². The molecule has 25 heavy (non-hydrogen) atoms. The lowest BCUT2D eigenvalue weighted by Gasteiger charge is -2.12. The second-order valence-corrected chi connectivity index (χ2v) is 8.51. The van der Waals surface area contributed by atoms with Gasteiger partial charge in [0.1, 0.15) is 0 Å². The minimum absolute atomic E-state index is 0.0216. The lowest BCUT2D eigenvalue weighted by molar-refractivity contribution is 0.354. The summed E-state index contributed by atoms with van der Waals surface area (Å²) in [5, 5.41) is 0. The van der Waals surface area contributed by atoms with Gasteiger partial charge >= 0.3 is 0 Å². The summed E-state index contributed by atoms with van der Waals surface area (Å²) in [6.07, 6.45) is 1.01. The maximum Gasteiger partial charge on any atom is 0.262 e. The van der Waals surface area contributed by atoms with Gasteiger partial charge in [0.05, 0.1) is 36.7 Å². The first-order valence-electron chi connectivity index (χ1n) is 6.97. The highest BCUT2D eigenvalue weighted by atomic mass is 32.2. The highest BCUT2D eigenvalue weighted by Gasteiger charge is 2.17. The van der Waals surface area contributed by atoms with Crippen LogP contribution in [0.5, 0.6) is 11.5 Å². The van der Waals surface area contributed by atoms with Gasteiger partial charge in [-0.15, -0.1) is 0 Å². The zero-order valence-corrected chi connectivity index (χ0v) is 15.4. The second-order valence-electron chi connectivity index (χ2n) is 5.08. The van der Waals surface area contributed by atoms with Crippen molar-refractivity contribution >= 4 is 31.4 Å². The molecule has 0 saturated carbocycles. The van der Waals surface area contributed by atoms with Crippen LogP contribution in [0.25, 0.3) is 0 Å². The molecule has 0 radical (unpaired) electrons. The summed E-state index contributed by atoms with van der Waals surface area (Å²) in [6.45, 7) is 0. The Morgan fingerprint density at radius 1 is 0.800 bits per heavy atom. The molecular weight excluding hydrogens is 368 g/mol. The fourth-order valence-electron chi connectivity index (χ4n) is 2.06. The van der Waals surface area contributed by atoms with Crippen LogP contribution < -0.4 is 18.9 Å². The summed E-state index contributed by atoms with van der Waals surface area (Å²) in [7, 11) is -4.50. The molecule has 0 bridgehead atoms. The minimum atomic E-state index is -3.89. The maximum absolute atomic E-state index is 12.5. The first-order chi connectivity index (χ1) is 11.6. The van der Waals surface area contributed by atoms with Gasteiger partial charge < -0.3 is 9.47 Å². The van der Waals surface area contributed by atoms with E-state index in [1.807, 2.05) is 0 Å². The van der Waals surface area contributed by atoms with E-state index in [9.17, 15) is 16.8 Å². The van der Waals surface area contributed by atoms with Crippen LogP contribution in [-0.2, 0) is 20.0 Å². The molecule has 136 valence electrons. The fourth-order valence-corrected chi connectivity index (χ4v) is 3.68. The number of hydrogen-bond acceptors (Lipinski definition) is 6. The molecule has 2 N–H and O–H groups in total. The zero-order valence-electron chi connectivity index (χ0n) is 13.8. The molecule has 0 aliphatic rings. The molecule has 0 heterocycles. The third-order valence-electron chi connectivity index (χ3n) is 3.08. The van der Waals surface area contributed by atoms with E-state index in [-0.39, 0.29) is 22.0 Å². The monoisotopic (exact) mass is 386 g/mol. The molecule has 0 fully saturated rings. The fraction of sp³-hybridized carbons (Fsp3) is 0.200. The standard InChI is InChI=1S/C15H18N2O6S2/c1-22-14-8-7-13(10-15(14)23-2)25(20,21)17-12-6-4-5-11(9-12)16-24(3,18)19/h4-10,16-17H,1-3H3. The van der Waals surface area contributed by atoms with Gasteiger partial charge in [-0.2, -0.15) is 0 Å². The third kappa shape index (κ3) is 5.00. The third-order valence-corrected chi connectivity index (χ3v) is 5.07. The first-order valence-corrected chi connectivity index (χ1v) is 10.3. The summed E-state index contributed by atoms with van der Waals surface area (Å²) in [5.74, 6) is 0.679. The largest absolute Gasteiger partial charge is 0.493 e. The van der Waals surface area contributed by atoms with Crippen LogP contribution in [0.4, 0.5) is 11.4 Å². The number of ether oxygens (including phenoxy) is 2. The topological polar surface area (TPSA) is 111 Å². The van der Waals surface area contributed by atoms with Gasteiger partial charge in [-0.25, -0.2) is 16.8 Å². The van der Waals surface area contributed by atoms with E-state index in [0.717, 1.165) is 6.26 Å². The molecule has 0 amide bonds. The summed E-state index contributed by atoms with van der Waals surface area (Å²) in [6, 6.07) is 10.1. The molecule has 2 rings (SSSR count). The second kappa shape index (κ2) is 7.19. The van der Waals surface area contributed by atoms with Crippen molar-refractivity contribution in [1.82, 2.24) is 0 Å². The number of hydrogen-bond donors (Lipinski definition) is 2. The van der Waals surface area contributed by atoms with E-state index in [1.54, 1.807) is 0 Å². The lowest BCUT2D eigenvalue weighted by Crippen LogP contribution is -2.14. The molecule has 0 saturated heterocycles. The van der Waals surface area contributed by atoms with Gasteiger partial charge in [-0.3, -0.25) is 9.44 Å². The van der Waals surface area contributed by atoms with Crippen molar-refractivity contribution < 1.29 is 26.3 Å². The Morgan fingerprint density at radius 2 is 1.40 bits per heavy atom. The summed E-state index contributed by atoms with van der Waals surface area (Å²) < 4.78 is 62.4. The summed E-state index contributed by atoms with van der Waals surface area (Å²) in [4.78, 5) is -0.0216. The van der Waals surface area contributed by atoms with Gasteiger partial charge in [0.15, 0.2) is 11.5 Å². The molecule has 8 nitrogen and oxygen atoms in total. The summed E-state index contributed by atoms with van der Waals surface area (Å²) >= 11 is 0. The van der Waals surface area contributed by atoms with Crippen LogP contribution in [-0.4, -0.2) is 37.3 Å². The average molecular weight is 386 g/mol. The van der Waals surface area contributed by atoms with E-state index in [0.29, 0.717) is 5.75 Å². The molecule has 0 aromatic heterocycles. The highest BCUT2D eigenvalue weighted by molar-refractivity contribution is 7.92. The average Bonchev–Trinajstić information content (AvgIpc) is 2.52. The first kappa shape index (κ1) is 18.9. The summed E-state index contributed by atoms with van der Waals surface area (Å²) in [5.41, 5.74) is 0.457. The van der Waals surface area contributed by atoms with E-state index >= 15 is 0 Å². The Hall–Kier alpha value is -2.46. The molecule has 0 aliphatic carbocycles. The number of methoxy groups -OCH3 is 2. The van der Waals surface area contributed by atoms with E-state index < -0.39 is 20.0 Å². The molecule has 2 aromatic carbocycles. The van der Waals surface area contributed by atoms with E-state index in [1.165, 1.54) is 56.7 Å². The minimum Gasteiger partial charge on any atom is -0.493 e. The van der Waals surface area contributed by atoms with Gasteiger partial charge in [-0.05, 0) is 30.3 Å². The van der Waals surface area contributed by atoms with Gasteiger partial charge in [0, 0.05) is 6.07 Å². The van der Waals surface area contributed by atoms with Crippen LogP contribution >= 0.6 is 0 Å². The normalized spacial score (nSPS) is 11.6. The predicted octanol–water partition coefficient (Wildman–Crippen LogP) is 1.88. The van der Waals surface area contributed by atoms with Crippen molar-refractivity contribution in [2.45, 2.75) is 4.90 Å². The lowest BCUT2D eigenvalue weighted by atomic mass is 10.3. The maximum atomic E-state index is 12.5. The van der Waals surface area contributed by atoms with Crippen LogP contribution in [0.2, 0.25) is 0 Å². The molecule has 10 heteroatoms. The van der Waals surface area contributed by atoms with Crippen molar-refractivity contribution in [3.05, 3.63) is 42.5 Å². The number of sulfonamides is 2. The van der Waals surface area contributed by atoms with E-state index in [2.05, 4.69) is 9.44 Å².